The fourth-order valence-electron chi connectivity index (χ4n) is 2.85. The van der Waals surface area contributed by atoms with Crippen LogP contribution < -0.4 is 11.3 Å². The highest BCUT2D eigenvalue weighted by molar-refractivity contribution is 7.13. The summed E-state index contributed by atoms with van der Waals surface area (Å²) in [5.74, 6) is 0. The first-order valence-corrected chi connectivity index (χ1v) is 8.71. The van der Waals surface area contributed by atoms with E-state index in [2.05, 4.69) is 15.0 Å². The average molecular weight is 348 g/mol. The fourth-order valence-corrected chi connectivity index (χ4v) is 3.67. The van der Waals surface area contributed by atoms with Crippen LogP contribution >= 0.6 is 11.3 Å². The third-order valence-electron chi connectivity index (χ3n) is 4.36. The van der Waals surface area contributed by atoms with E-state index < -0.39 is 0 Å². The summed E-state index contributed by atoms with van der Waals surface area (Å²) in [5, 5.41) is 3.54. The number of hydrogen-bond acceptors (Lipinski definition) is 5. The molecule has 0 aliphatic heterocycles. The predicted octanol–water partition coefficient (Wildman–Crippen LogP) is 3.91. The van der Waals surface area contributed by atoms with Gasteiger partial charge in [0.15, 0.2) is 0 Å². The van der Waals surface area contributed by atoms with Crippen LogP contribution in [0.2, 0.25) is 0 Å². The van der Waals surface area contributed by atoms with Crippen molar-refractivity contribution in [1.82, 2.24) is 15.0 Å². The number of aryl methyl sites for hydroxylation is 2. The lowest BCUT2D eigenvalue weighted by Crippen LogP contribution is -2.13. The standard InChI is InChI=1S/C19H16N4OS/c1-10-7-13-14(8-11(10)2)22-18(24)16(17(13)20)15-9-25-19(23-15)12-3-5-21-6-4-12/h3-9H,1-2H3,(H3,20,22,24). The number of nitrogens with one attached hydrogen (secondary N) is 1. The molecule has 3 N–H and O–H groups in total. The Morgan fingerprint density at radius 3 is 2.60 bits per heavy atom. The van der Waals surface area contributed by atoms with Crippen LogP contribution in [0.3, 0.4) is 0 Å². The minimum absolute atomic E-state index is 0.222. The van der Waals surface area contributed by atoms with Crippen molar-refractivity contribution in [2.45, 2.75) is 13.8 Å². The quantitative estimate of drug-likeness (QED) is 0.575. The summed E-state index contributed by atoms with van der Waals surface area (Å²) in [7, 11) is 0. The molecular weight excluding hydrogens is 332 g/mol. The molecule has 25 heavy (non-hydrogen) atoms. The van der Waals surface area contributed by atoms with Gasteiger partial charge in [0.05, 0.1) is 22.5 Å². The lowest BCUT2D eigenvalue weighted by molar-refractivity contribution is 1.26. The van der Waals surface area contributed by atoms with Crippen LogP contribution in [-0.2, 0) is 0 Å². The van der Waals surface area contributed by atoms with E-state index in [-0.39, 0.29) is 5.56 Å². The van der Waals surface area contributed by atoms with E-state index in [0.717, 1.165) is 32.6 Å². The van der Waals surface area contributed by atoms with Gasteiger partial charge in [-0.05, 0) is 49.2 Å². The Morgan fingerprint density at radius 1 is 1.12 bits per heavy atom. The first kappa shape index (κ1) is 15.5. The van der Waals surface area contributed by atoms with Crippen LogP contribution in [0.15, 0.2) is 46.8 Å². The molecule has 1 aromatic carbocycles. The van der Waals surface area contributed by atoms with Gasteiger partial charge in [0.2, 0.25) is 0 Å². The number of benzene rings is 1. The second-order valence-corrected chi connectivity index (χ2v) is 6.86. The Morgan fingerprint density at radius 2 is 1.84 bits per heavy atom. The number of nitrogen functional groups attached to an aromatic ring is 1. The van der Waals surface area contributed by atoms with Crippen molar-refractivity contribution in [2.75, 3.05) is 5.73 Å². The third kappa shape index (κ3) is 2.60. The summed E-state index contributed by atoms with van der Waals surface area (Å²) in [6.07, 6.45) is 3.44. The van der Waals surface area contributed by atoms with Gasteiger partial charge in [-0.2, -0.15) is 0 Å². The topological polar surface area (TPSA) is 84.7 Å². The first-order valence-electron chi connectivity index (χ1n) is 7.83. The number of pyridine rings is 2. The maximum Gasteiger partial charge on any atom is 0.260 e. The third-order valence-corrected chi connectivity index (χ3v) is 5.25. The van der Waals surface area contributed by atoms with Gasteiger partial charge in [0.25, 0.3) is 5.56 Å². The molecule has 0 aliphatic carbocycles. The molecule has 0 spiro atoms. The maximum atomic E-state index is 12.6. The molecule has 0 saturated carbocycles. The van der Waals surface area contributed by atoms with Gasteiger partial charge in [-0.15, -0.1) is 11.3 Å². The van der Waals surface area contributed by atoms with Crippen molar-refractivity contribution < 1.29 is 0 Å². The molecule has 5 nitrogen and oxygen atoms in total. The average Bonchev–Trinajstić information content (AvgIpc) is 3.07. The molecule has 0 aliphatic rings. The van der Waals surface area contributed by atoms with Crippen molar-refractivity contribution in [3.05, 3.63) is 63.5 Å². The molecule has 4 rings (SSSR count). The Labute approximate surface area is 148 Å². The normalized spacial score (nSPS) is 11.1. The van der Waals surface area contributed by atoms with E-state index >= 15 is 0 Å². The zero-order valence-corrected chi connectivity index (χ0v) is 14.6. The Balaban J connectivity index is 1.91. The molecule has 0 atom stereocenters. The van der Waals surface area contributed by atoms with E-state index in [1.807, 2.05) is 43.5 Å². The van der Waals surface area contributed by atoms with Gasteiger partial charge in [0, 0.05) is 28.7 Å². The SMILES string of the molecule is Cc1cc2[nH]c(=O)c(-c3csc(-c4ccncc4)n3)c(N)c2cc1C. The van der Waals surface area contributed by atoms with Crippen LogP contribution in [0.5, 0.6) is 0 Å². The molecule has 124 valence electrons. The summed E-state index contributed by atoms with van der Waals surface area (Å²) in [6, 6.07) is 7.75. The van der Waals surface area contributed by atoms with E-state index in [1.54, 1.807) is 12.4 Å². The summed E-state index contributed by atoms with van der Waals surface area (Å²) >= 11 is 1.48. The Kier molecular flexibility index (Phi) is 3.62. The van der Waals surface area contributed by atoms with Gasteiger partial charge in [-0.3, -0.25) is 9.78 Å². The zero-order valence-electron chi connectivity index (χ0n) is 13.8. The lowest BCUT2D eigenvalue weighted by atomic mass is 10.0. The molecule has 3 heterocycles. The van der Waals surface area contributed by atoms with Crippen molar-refractivity contribution in [2.24, 2.45) is 0 Å². The summed E-state index contributed by atoms with van der Waals surface area (Å²) in [4.78, 5) is 24.2. The highest BCUT2D eigenvalue weighted by Crippen LogP contribution is 2.33. The molecule has 0 amide bonds. The van der Waals surface area contributed by atoms with Gasteiger partial charge in [-0.1, -0.05) is 0 Å². The van der Waals surface area contributed by atoms with Crippen LogP contribution in [-0.4, -0.2) is 15.0 Å². The molecule has 0 fully saturated rings. The van der Waals surface area contributed by atoms with Crippen molar-refractivity contribution in [3.63, 3.8) is 0 Å². The Bertz CT molecular complexity index is 1150. The van der Waals surface area contributed by atoms with Crippen LogP contribution in [0, 0.1) is 13.8 Å². The molecule has 6 heteroatoms. The number of nitrogens with zero attached hydrogens (tertiary/aromatic N) is 2. The number of aromatic nitrogens is 3. The monoisotopic (exact) mass is 348 g/mol. The molecule has 0 saturated heterocycles. The first-order chi connectivity index (χ1) is 12.0. The summed E-state index contributed by atoms with van der Waals surface area (Å²) < 4.78 is 0. The van der Waals surface area contributed by atoms with Crippen molar-refractivity contribution >= 4 is 27.9 Å². The zero-order chi connectivity index (χ0) is 17.6. The van der Waals surface area contributed by atoms with Crippen LogP contribution in [0.4, 0.5) is 5.69 Å². The second-order valence-electron chi connectivity index (χ2n) is 6.00. The highest BCUT2D eigenvalue weighted by atomic mass is 32.1. The largest absolute Gasteiger partial charge is 0.397 e. The molecule has 3 aromatic heterocycles. The lowest BCUT2D eigenvalue weighted by Gasteiger charge is -2.09. The highest BCUT2D eigenvalue weighted by Gasteiger charge is 2.16. The Hall–Kier alpha value is -2.99. The number of rotatable bonds is 2. The number of hydrogen-bond donors (Lipinski definition) is 2. The smallest absolute Gasteiger partial charge is 0.260 e. The van der Waals surface area contributed by atoms with Crippen LogP contribution in [0.25, 0.3) is 32.7 Å². The number of nitrogens with two attached hydrogens (primary N) is 1. The number of thiazole rings is 1. The summed E-state index contributed by atoms with van der Waals surface area (Å²) in [6.45, 7) is 4.04. The molecule has 0 unspecified atom stereocenters. The molecule has 0 bridgehead atoms. The van der Waals surface area contributed by atoms with Gasteiger partial charge < -0.3 is 10.7 Å². The number of fused-ring (bicyclic) bond motifs is 1. The minimum atomic E-state index is -0.222. The van der Waals surface area contributed by atoms with Gasteiger partial charge >= 0.3 is 0 Å². The van der Waals surface area contributed by atoms with Crippen LogP contribution in [0.1, 0.15) is 11.1 Å². The fraction of sp³-hybridized carbons (Fsp3) is 0.105. The summed E-state index contributed by atoms with van der Waals surface area (Å²) in [5.41, 5.74) is 11.6. The van der Waals surface area contributed by atoms with E-state index in [0.29, 0.717) is 16.9 Å². The predicted molar refractivity (Wildman–Crippen MR) is 103 cm³/mol. The van der Waals surface area contributed by atoms with Crippen molar-refractivity contribution in [3.8, 4) is 21.8 Å². The minimum Gasteiger partial charge on any atom is -0.397 e. The molecular formula is C19H16N4OS. The molecule has 0 radical (unpaired) electrons. The van der Waals surface area contributed by atoms with Crippen molar-refractivity contribution in [1.29, 1.82) is 0 Å². The number of H-pyrrole nitrogens is 1. The number of anilines is 1. The molecule has 4 aromatic rings. The van der Waals surface area contributed by atoms with Gasteiger partial charge in [0.1, 0.15) is 5.01 Å². The number of aromatic amines is 1. The second kappa shape index (κ2) is 5.82. The van der Waals surface area contributed by atoms with E-state index in [4.69, 9.17) is 5.73 Å². The van der Waals surface area contributed by atoms with E-state index in [9.17, 15) is 4.79 Å². The maximum absolute atomic E-state index is 12.6. The van der Waals surface area contributed by atoms with E-state index in [1.165, 1.54) is 11.3 Å². The van der Waals surface area contributed by atoms with Gasteiger partial charge in [-0.25, -0.2) is 4.98 Å².